The number of carbonyl (C=O) groups is 3. The molecule has 9 nitrogen and oxygen atoms in total. The fourth-order valence-corrected chi connectivity index (χ4v) is 4.31. The van der Waals surface area contributed by atoms with Crippen molar-refractivity contribution in [2.24, 2.45) is 0 Å². The number of amides is 3. The van der Waals surface area contributed by atoms with Crippen molar-refractivity contribution in [3.05, 3.63) is 42.0 Å². The first kappa shape index (κ1) is 20.5. The minimum absolute atomic E-state index is 0.147. The number of ether oxygens (including phenoxy) is 3. The van der Waals surface area contributed by atoms with Crippen molar-refractivity contribution in [1.29, 1.82) is 0 Å². The second kappa shape index (κ2) is 7.50. The monoisotopic (exact) mass is 425 g/mol. The van der Waals surface area contributed by atoms with Gasteiger partial charge in [0.15, 0.2) is 11.5 Å². The summed E-state index contributed by atoms with van der Waals surface area (Å²) in [5.41, 5.74) is -0.263. The molecule has 1 saturated heterocycles. The fraction of sp³-hybridized carbons (Fsp3) is 0.318. The van der Waals surface area contributed by atoms with E-state index in [0.717, 1.165) is 0 Å². The summed E-state index contributed by atoms with van der Waals surface area (Å²) >= 11 is 0. The number of anilines is 2. The van der Waals surface area contributed by atoms with Crippen molar-refractivity contribution in [2.75, 3.05) is 38.6 Å². The third-order valence-electron chi connectivity index (χ3n) is 5.83. The zero-order chi connectivity index (χ0) is 22.3. The van der Waals surface area contributed by atoms with Crippen LogP contribution in [0.4, 0.5) is 11.4 Å². The lowest BCUT2D eigenvalue weighted by molar-refractivity contribution is -0.128. The largest absolute Gasteiger partial charge is 0.493 e. The van der Waals surface area contributed by atoms with Crippen molar-refractivity contribution >= 4 is 29.1 Å². The van der Waals surface area contributed by atoms with Crippen LogP contribution in [0.3, 0.4) is 0 Å². The summed E-state index contributed by atoms with van der Waals surface area (Å²) in [6.07, 6.45) is 0.327. The van der Waals surface area contributed by atoms with Crippen molar-refractivity contribution in [3.63, 3.8) is 0 Å². The van der Waals surface area contributed by atoms with Crippen LogP contribution >= 0.6 is 0 Å². The van der Waals surface area contributed by atoms with Gasteiger partial charge in [-0.15, -0.1) is 0 Å². The Morgan fingerprint density at radius 3 is 2.29 bits per heavy atom. The van der Waals surface area contributed by atoms with E-state index in [1.807, 2.05) is 0 Å². The fourth-order valence-electron chi connectivity index (χ4n) is 4.31. The maximum absolute atomic E-state index is 13.6. The molecule has 1 N–H and O–H groups in total. The number of fused-ring (bicyclic) bond motifs is 3. The number of benzene rings is 2. The molecule has 4 rings (SSSR count). The minimum Gasteiger partial charge on any atom is -0.493 e. The van der Waals surface area contributed by atoms with Crippen LogP contribution in [0, 0.1) is 0 Å². The minimum atomic E-state index is -1.47. The summed E-state index contributed by atoms with van der Waals surface area (Å²) in [4.78, 5) is 42.3. The highest BCUT2D eigenvalue weighted by Crippen LogP contribution is 2.45. The van der Waals surface area contributed by atoms with Crippen LogP contribution in [0.2, 0.25) is 0 Å². The van der Waals surface area contributed by atoms with Gasteiger partial charge in [-0.2, -0.15) is 0 Å². The quantitative estimate of drug-likeness (QED) is 0.789. The predicted octanol–water partition coefficient (Wildman–Crippen LogP) is 2.26. The van der Waals surface area contributed by atoms with Crippen molar-refractivity contribution in [3.8, 4) is 17.2 Å². The van der Waals surface area contributed by atoms with Crippen LogP contribution in [0.5, 0.6) is 17.2 Å². The summed E-state index contributed by atoms with van der Waals surface area (Å²) in [5.74, 6) is 0.0870. The summed E-state index contributed by atoms with van der Waals surface area (Å²) in [7, 11) is 5.98. The summed E-state index contributed by atoms with van der Waals surface area (Å²) in [5, 5.41) is 2.83. The summed E-state index contributed by atoms with van der Waals surface area (Å²) < 4.78 is 16.0. The van der Waals surface area contributed by atoms with Gasteiger partial charge in [-0.3, -0.25) is 19.3 Å². The van der Waals surface area contributed by atoms with Crippen molar-refractivity contribution in [1.82, 2.24) is 4.90 Å². The van der Waals surface area contributed by atoms with E-state index in [1.54, 1.807) is 43.4 Å². The predicted molar refractivity (Wildman–Crippen MR) is 113 cm³/mol. The molecule has 0 unspecified atom stereocenters. The number of carbonyl (C=O) groups excluding carboxylic acids is 3. The number of methoxy groups -OCH3 is 3. The summed E-state index contributed by atoms with van der Waals surface area (Å²) in [6.45, 7) is 0. The van der Waals surface area contributed by atoms with E-state index in [4.69, 9.17) is 14.2 Å². The molecule has 0 saturated carbocycles. The Balaban J connectivity index is 1.78. The smallest absolute Gasteiger partial charge is 0.271 e. The van der Waals surface area contributed by atoms with Crippen molar-refractivity contribution < 1.29 is 28.6 Å². The van der Waals surface area contributed by atoms with Gasteiger partial charge in [0.2, 0.25) is 17.3 Å². The number of hydrogen-bond acceptors (Lipinski definition) is 6. The van der Waals surface area contributed by atoms with Crippen LogP contribution in [0.15, 0.2) is 36.4 Å². The lowest BCUT2D eigenvalue weighted by Gasteiger charge is -2.47. The molecule has 31 heavy (non-hydrogen) atoms. The third kappa shape index (κ3) is 2.88. The Labute approximate surface area is 179 Å². The van der Waals surface area contributed by atoms with Crippen LogP contribution in [0.1, 0.15) is 23.2 Å². The molecule has 2 aliphatic rings. The highest BCUT2D eigenvalue weighted by molar-refractivity contribution is 6.18. The van der Waals surface area contributed by atoms with E-state index in [2.05, 4.69) is 5.32 Å². The first-order valence-electron chi connectivity index (χ1n) is 9.70. The van der Waals surface area contributed by atoms with Gasteiger partial charge in [-0.25, -0.2) is 0 Å². The number of rotatable bonds is 5. The van der Waals surface area contributed by atoms with E-state index in [-0.39, 0.29) is 24.7 Å². The molecule has 3 amide bonds. The van der Waals surface area contributed by atoms with Gasteiger partial charge in [0.05, 0.1) is 32.6 Å². The molecular formula is C22H23N3O6. The zero-order valence-corrected chi connectivity index (χ0v) is 17.7. The second-order valence-corrected chi connectivity index (χ2v) is 7.30. The molecule has 2 heterocycles. The van der Waals surface area contributed by atoms with Gasteiger partial charge in [0.1, 0.15) is 0 Å². The Kier molecular flexibility index (Phi) is 4.96. The topological polar surface area (TPSA) is 97.4 Å². The molecule has 2 aromatic rings. The lowest BCUT2D eigenvalue weighted by atomic mass is 9.96. The Bertz CT molecular complexity index is 1060. The average molecular weight is 425 g/mol. The maximum atomic E-state index is 13.6. The first-order chi connectivity index (χ1) is 14.9. The molecule has 1 fully saturated rings. The Morgan fingerprint density at radius 1 is 1.03 bits per heavy atom. The van der Waals surface area contributed by atoms with E-state index < -0.39 is 11.6 Å². The maximum Gasteiger partial charge on any atom is 0.271 e. The van der Waals surface area contributed by atoms with Crippen LogP contribution in [0.25, 0.3) is 0 Å². The standard InChI is InChI=1S/C22H23N3O6/c1-24-20(27)14-7-5-6-8-15(14)25-18(26)9-10-22(24,25)21(28)23-13-11-16(29-2)19(31-4)17(12-13)30-3/h5-8,11-12H,9-10H2,1-4H3,(H,23,28)/t22-/m0/s1. The van der Waals surface area contributed by atoms with E-state index >= 15 is 0 Å². The normalized spacial score (nSPS) is 19.6. The first-order valence-corrected chi connectivity index (χ1v) is 9.70. The molecule has 1 atom stereocenters. The van der Waals surface area contributed by atoms with Gasteiger partial charge in [0.25, 0.3) is 11.8 Å². The zero-order valence-electron chi connectivity index (χ0n) is 17.7. The molecule has 162 valence electrons. The van der Waals surface area contributed by atoms with Gasteiger partial charge >= 0.3 is 0 Å². The lowest BCUT2D eigenvalue weighted by Crippen LogP contribution is -2.68. The van der Waals surface area contributed by atoms with Gasteiger partial charge in [-0.1, -0.05) is 12.1 Å². The third-order valence-corrected chi connectivity index (χ3v) is 5.83. The molecule has 9 heteroatoms. The van der Waals surface area contributed by atoms with Crippen LogP contribution < -0.4 is 24.4 Å². The van der Waals surface area contributed by atoms with E-state index in [9.17, 15) is 14.4 Å². The molecule has 0 bridgehead atoms. The Hall–Kier alpha value is -3.75. The SMILES string of the molecule is COc1cc(NC(=O)[C@]23CCC(=O)N2c2ccccc2C(=O)N3C)cc(OC)c1OC. The molecule has 0 radical (unpaired) electrons. The van der Waals surface area contributed by atoms with Crippen LogP contribution in [-0.2, 0) is 9.59 Å². The molecule has 0 spiro atoms. The van der Waals surface area contributed by atoms with E-state index in [0.29, 0.717) is 34.2 Å². The van der Waals surface area contributed by atoms with Gasteiger partial charge in [0, 0.05) is 37.7 Å². The number of para-hydroxylation sites is 1. The molecule has 0 aliphatic carbocycles. The number of hydrogen-bond donors (Lipinski definition) is 1. The highest BCUT2D eigenvalue weighted by atomic mass is 16.5. The Morgan fingerprint density at radius 2 is 1.68 bits per heavy atom. The second-order valence-electron chi connectivity index (χ2n) is 7.30. The number of likely N-dealkylation sites (N-methyl/N-ethyl adjacent to an activating group) is 1. The van der Waals surface area contributed by atoms with E-state index in [1.165, 1.54) is 31.1 Å². The van der Waals surface area contributed by atoms with Gasteiger partial charge < -0.3 is 24.4 Å². The van der Waals surface area contributed by atoms with Crippen LogP contribution in [-0.4, -0.2) is 56.7 Å². The highest BCUT2D eigenvalue weighted by Gasteiger charge is 2.59. The molecule has 2 aromatic carbocycles. The molecular weight excluding hydrogens is 402 g/mol. The molecule has 0 aromatic heterocycles. The van der Waals surface area contributed by atoms with Gasteiger partial charge in [-0.05, 0) is 12.1 Å². The number of nitrogens with one attached hydrogen (secondary N) is 1. The average Bonchev–Trinajstić information content (AvgIpc) is 3.15. The molecule has 2 aliphatic heterocycles. The number of nitrogens with zero attached hydrogens (tertiary/aromatic N) is 2. The summed E-state index contributed by atoms with van der Waals surface area (Å²) in [6, 6.07) is 10.00. The van der Waals surface area contributed by atoms with Crippen molar-refractivity contribution in [2.45, 2.75) is 18.5 Å².